The molecule has 0 aliphatic rings. The van der Waals surface area contributed by atoms with Crippen LogP contribution in [0, 0.1) is 0 Å². The molecule has 0 amide bonds. The maximum atomic E-state index is 11.7. The fourth-order valence-electron chi connectivity index (χ4n) is 1.68. The van der Waals surface area contributed by atoms with Gasteiger partial charge in [-0.25, -0.2) is 4.79 Å². The van der Waals surface area contributed by atoms with Crippen molar-refractivity contribution in [1.82, 2.24) is 0 Å². The number of esters is 1. The van der Waals surface area contributed by atoms with Crippen molar-refractivity contribution in [2.75, 3.05) is 7.11 Å². The largest absolute Gasteiger partial charge is 0.497 e. The average Bonchev–Trinajstić information content (AvgIpc) is 2.53. The molecule has 0 unspecified atom stereocenters. The lowest BCUT2D eigenvalue weighted by Gasteiger charge is -2.02. The normalized spacial score (nSPS) is 10.3. The van der Waals surface area contributed by atoms with Crippen LogP contribution in [0.4, 0.5) is 0 Å². The van der Waals surface area contributed by atoms with Gasteiger partial charge in [-0.2, -0.15) is 0 Å². The molecule has 0 aromatic heterocycles. The van der Waals surface area contributed by atoms with Gasteiger partial charge in [0, 0.05) is 11.6 Å². The molecule has 0 heterocycles. The van der Waals surface area contributed by atoms with E-state index in [2.05, 4.69) is 0 Å². The summed E-state index contributed by atoms with van der Waals surface area (Å²) in [5, 5.41) is 0. The van der Waals surface area contributed by atoms with E-state index in [4.69, 9.17) is 9.47 Å². The van der Waals surface area contributed by atoms with Gasteiger partial charge in [-0.1, -0.05) is 24.3 Å². The van der Waals surface area contributed by atoms with Crippen molar-refractivity contribution in [3.8, 4) is 11.5 Å². The number of methoxy groups -OCH3 is 1. The van der Waals surface area contributed by atoms with E-state index in [1.54, 1.807) is 43.5 Å². The van der Waals surface area contributed by atoms with Crippen molar-refractivity contribution in [3.05, 3.63) is 65.7 Å². The molecule has 4 nitrogen and oxygen atoms in total. The van der Waals surface area contributed by atoms with Gasteiger partial charge in [-0.05, 0) is 35.9 Å². The number of carbonyl (C=O) groups excluding carboxylic acids is 2. The Morgan fingerprint density at radius 3 is 2.43 bits per heavy atom. The zero-order valence-corrected chi connectivity index (χ0v) is 11.5. The van der Waals surface area contributed by atoms with Crippen molar-refractivity contribution in [2.45, 2.75) is 0 Å². The minimum absolute atomic E-state index is 0.337. The van der Waals surface area contributed by atoms with E-state index in [0.29, 0.717) is 17.6 Å². The second kappa shape index (κ2) is 7.05. The monoisotopic (exact) mass is 282 g/mol. The summed E-state index contributed by atoms with van der Waals surface area (Å²) >= 11 is 0. The van der Waals surface area contributed by atoms with Crippen LogP contribution >= 0.6 is 0 Å². The molecule has 0 saturated heterocycles. The molecule has 0 saturated carbocycles. The van der Waals surface area contributed by atoms with Gasteiger partial charge in [-0.3, -0.25) is 4.79 Å². The first-order valence-corrected chi connectivity index (χ1v) is 6.30. The minimum atomic E-state index is -0.506. The molecule has 0 spiro atoms. The average molecular weight is 282 g/mol. The van der Waals surface area contributed by atoms with Crippen molar-refractivity contribution in [1.29, 1.82) is 0 Å². The van der Waals surface area contributed by atoms with Crippen molar-refractivity contribution in [3.63, 3.8) is 0 Å². The second-order valence-electron chi connectivity index (χ2n) is 4.22. The van der Waals surface area contributed by atoms with Crippen LogP contribution < -0.4 is 9.47 Å². The van der Waals surface area contributed by atoms with Crippen LogP contribution in [0.5, 0.6) is 11.5 Å². The van der Waals surface area contributed by atoms with E-state index in [1.807, 2.05) is 12.1 Å². The molecule has 0 aliphatic carbocycles. The number of carbonyl (C=O) groups is 2. The van der Waals surface area contributed by atoms with Gasteiger partial charge in [0.25, 0.3) is 0 Å². The van der Waals surface area contributed by atoms with Crippen LogP contribution in [0.2, 0.25) is 0 Å². The molecule has 0 atom stereocenters. The molecule has 0 aliphatic heterocycles. The Morgan fingerprint density at radius 2 is 1.76 bits per heavy atom. The second-order valence-corrected chi connectivity index (χ2v) is 4.22. The summed E-state index contributed by atoms with van der Waals surface area (Å²) in [5.74, 6) is 0.582. The molecule has 4 heteroatoms. The third kappa shape index (κ3) is 4.31. The lowest BCUT2D eigenvalue weighted by atomic mass is 10.2. The number of benzene rings is 2. The van der Waals surface area contributed by atoms with E-state index in [-0.39, 0.29) is 0 Å². The van der Waals surface area contributed by atoms with Crippen LogP contribution in [0.1, 0.15) is 15.9 Å². The molecule has 0 bridgehead atoms. The van der Waals surface area contributed by atoms with Gasteiger partial charge >= 0.3 is 5.97 Å². The Balaban J connectivity index is 1.99. The zero-order valence-electron chi connectivity index (χ0n) is 11.5. The zero-order chi connectivity index (χ0) is 15.1. The van der Waals surface area contributed by atoms with E-state index < -0.39 is 5.97 Å². The summed E-state index contributed by atoms with van der Waals surface area (Å²) in [6, 6.07) is 13.7. The first-order valence-electron chi connectivity index (χ1n) is 6.30. The predicted molar refractivity (Wildman–Crippen MR) is 79.5 cm³/mol. The van der Waals surface area contributed by atoms with Gasteiger partial charge < -0.3 is 9.47 Å². The Labute approximate surface area is 122 Å². The number of hydrogen-bond donors (Lipinski definition) is 0. The minimum Gasteiger partial charge on any atom is -0.497 e. The van der Waals surface area contributed by atoms with Gasteiger partial charge in [-0.15, -0.1) is 0 Å². The van der Waals surface area contributed by atoms with E-state index in [0.717, 1.165) is 11.3 Å². The Morgan fingerprint density at radius 1 is 1.00 bits per heavy atom. The maximum Gasteiger partial charge on any atom is 0.336 e. The summed E-state index contributed by atoms with van der Waals surface area (Å²) < 4.78 is 10.2. The molecule has 0 radical (unpaired) electrons. The molecule has 106 valence electrons. The number of rotatable bonds is 5. The molecule has 21 heavy (non-hydrogen) atoms. The molecule has 0 N–H and O–H groups in total. The van der Waals surface area contributed by atoms with Gasteiger partial charge in [0.05, 0.1) is 7.11 Å². The summed E-state index contributed by atoms with van der Waals surface area (Å²) in [5.41, 5.74) is 1.31. The third-order valence-electron chi connectivity index (χ3n) is 2.74. The van der Waals surface area contributed by atoms with Crippen LogP contribution in [-0.2, 0) is 4.79 Å². The lowest BCUT2D eigenvalue weighted by Crippen LogP contribution is -2.03. The quantitative estimate of drug-likeness (QED) is 0.366. The van der Waals surface area contributed by atoms with E-state index >= 15 is 0 Å². The van der Waals surface area contributed by atoms with Crippen molar-refractivity contribution >= 4 is 18.3 Å². The lowest BCUT2D eigenvalue weighted by molar-refractivity contribution is -0.128. The maximum absolute atomic E-state index is 11.7. The highest BCUT2D eigenvalue weighted by Crippen LogP contribution is 2.14. The van der Waals surface area contributed by atoms with E-state index in [1.165, 1.54) is 12.1 Å². The first kappa shape index (κ1) is 14.5. The highest BCUT2D eigenvalue weighted by atomic mass is 16.5. The number of aldehydes is 1. The third-order valence-corrected chi connectivity index (χ3v) is 2.74. The molecular weight excluding hydrogens is 268 g/mol. The topological polar surface area (TPSA) is 52.6 Å². The molecular formula is C17H14O4. The fraction of sp³-hybridized carbons (Fsp3) is 0.0588. The number of ether oxygens (including phenoxy) is 2. The molecule has 2 aromatic rings. The van der Waals surface area contributed by atoms with Gasteiger partial charge in [0.1, 0.15) is 17.8 Å². The Hall–Kier alpha value is -2.88. The first-order chi connectivity index (χ1) is 10.2. The highest BCUT2D eigenvalue weighted by Gasteiger charge is 2.01. The van der Waals surface area contributed by atoms with Gasteiger partial charge in [0.15, 0.2) is 0 Å². The van der Waals surface area contributed by atoms with Crippen molar-refractivity contribution in [2.24, 2.45) is 0 Å². The smallest absolute Gasteiger partial charge is 0.336 e. The molecule has 2 aromatic carbocycles. The van der Waals surface area contributed by atoms with Crippen LogP contribution in [-0.4, -0.2) is 19.4 Å². The standard InChI is InChI=1S/C17H14O4/c1-20-15-8-5-13(6-9-15)7-10-17(19)21-16-4-2-3-14(11-16)12-18/h2-12H,1H3. The predicted octanol–water partition coefficient (Wildman–Crippen LogP) is 3.13. The number of hydrogen-bond acceptors (Lipinski definition) is 4. The van der Waals surface area contributed by atoms with Crippen molar-refractivity contribution < 1.29 is 19.1 Å². The SMILES string of the molecule is COc1ccc(C=CC(=O)Oc2cccc(C=O)c2)cc1. The van der Waals surface area contributed by atoms with E-state index in [9.17, 15) is 9.59 Å². The van der Waals surface area contributed by atoms with Gasteiger partial charge in [0.2, 0.25) is 0 Å². The summed E-state index contributed by atoms with van der Waals surface area (Å²) in [6.07, 6.45) is 3.67. The fourth-order valence-corrected chi connectivity index (χ4v) is 1.68. The Kier molecular flexibility index (Phi) is 4.88. The summed E-state index contributed by atoms with van der Waals surface area (Å²) in [6.45, 7) is 0. The highest BCUT2D eigenvalue weighted by molar-refractivity contribution is 5.89. The van der Waals surface area contributed by atoms with Crippen LogP contribution in [0.25, 0.3) is 6.08 Å². The Bertz CT molecular complexity index is 657. The molecule has 2 rings (SSSR count). The summed E-state index contributed by atoms with van der Waals surface area (Å²) in [7, 11) is 1.59. The van der Waals surface area contributed by atoms with Crippen LogP contribution in [0.15, 0.2) is 54.6 Å². The van der Waals surface area contributed by atoms with Crippen LogP contribution in [0.3, 0.4) is 0 Å². The molecule has 0 fully saturated rings. The summed E-state index contributed by atoms with van der Waals surface area (Å²) in [4.78, 5) is 22.3.